The maximum Gasteiger partial charge on any atom is 0.418 e. The second-order valence-corrected chi connectivity index (χ2v) is 6.04. The van der Waals surface area contributed by atoms with Crippen molar-refractivity contribution in [1.29, 1.82) is 0 Å². The fraction of sp³-hybridized carbons (Fsp3) is 0.111. The van der Waals surface area contributed by atoms with Gasteiger partial charge in [0.1, 0.15) is 5.58 Å². The van der Waals surface area contributed by atoms with Gasteiger partial charge in [-0.25, -0.2) is 0 Å². The summed E-state index contributed by atoms with van der Waals surface area (Å²) in [6.07, 6.45) is -4.53. The first-order valence-corrected chi connectivity index (χ1v) is 8.20. The van der Waals surface area contributed by atoms with Gasteiger partial charge in [-0.2, -0.15) is 13.2 Å². The summed E-state index contributed by atoms with van der Waals surface area (Å²) < 4.78 is 44.5. The van der Waals surface area contributed by atoms with Crippen LogP contribution in [0.3, 0.4) is 0 Å². The Kier molecular flexibility index (Phi) is 5.04. The number of hydrogen-bond donors (Lipinski definition) is 3. The van der Waals surface area contributed by atoms with E-state index in [4.69, 9.17) is 16.6 Å². The zero-order valence-corrected chi connectivity index (χ0v) is 14.8. The van der Waals surface area contributed by atoms with Crippen LogP contribution in [0.4, 0.5) is 18.9 Å². The van der Waals surface area contributed by atoms with Crippen LogP contribution in [-0.2, 0) is 6.18 Å². The van der Waals surface area contributed by atoms with Crippen molar-refractivity contribution in [2.45, 2.75) is 13.1 Å². The zero-order chi connectivity index (χ0) is 19.6. The van der Waals surface area contributed by atoms with Gasteiger partial charge in [-0.05, 0) is 37.3 Å². The van der Waals surface area contributed by atoms with Gasteiger partial charge in [0.2, 0.25) is 0 Å². The number of halogens is 3. The van der Waals surface area contributed by atoms with Gasteiger partial charge < -0.3 is 9.73 Å². The molecule has 0 saturated heterocycles. The number of hydrazine groups is 1. The molecule has 0 spiro atoms. The van der Waals surface area contributed by atoms with Crippen LogP contribution in [0.1, 0.15) is 21.7 Å². The summed E-state index contributed by atoms with van der Waals surface area (Å²) in [5.41, 5.74) is 4.79. The summed E-state index contributed by atoms with van der Waals surface area (Å²) in [5.74, 6) is -0.515. The molecule has 3 aromatic rings. The molecule has 0 aliphatic rings. The summed E-state index contributed by atoms with van der Waals surface area (Å²) in [6, 6.07) is 12.0. The summed E-state index contributed by atoms with van der Waals surface area (Å²) in [6.45, 7) is 1.73. The minimum atomic E-state index is -4.53. The number of anilines is 1. The van der Waals surface area contributed by atoms with Crippen LogP contribution in [0.5, 0.6) is 0 Å². The van der Waals surface area contributed by atoms with Crippen molar-refractivity contribution in [3.8, 4) is 0 Å². The minimum Gasteiger partial charge on any atom is -0.451 e. The van der Waals surface area contributed by atoms with Gasteiger partial charge in [0.15, 0.2) is 10.9 Å². The number of carbonyl (C=O) groups excluding carboxylic acids is 1. The molecule has 3 N–H and O–H groups in total. The SMILES string of the molecule is Cc1c(C(=O)NNC(=S)Nc2ccccc2C(F)(F)F)oc2ccccc12. The second-order valence-electron chi connectivity index (χ2n) is 5.63. The van der Waals surface area contributed by atoms with Crippen molar-refractivity contribution in [3.63, 3.8) is 0 Å². The standard InChI is InChI=1S/C18H14F3N3O2S/c1-10-11-6-2-5-9-14(11)26-15(10)16(25)23-24-17(27)22-13-8-4-3-7-12(13)18(19,20)21/h2-9H,1H3,(H,23,25)(H2,22,24,27). The van der Waals surface area contributed by atoms with Gasteiger partial charge in [-0.3, -0.25) is 15.6 Å². The van der Waals surface area contributed by atoms with E-state index in [-0.39, 0.29) is 16.6 Å². The van der Waals surface area contributed by atoms with Crippen LogP contribution in [0.15, 0.2) is 52.9 Å². The smallest absolute Gasteiger partial charge is 0.418 e. The molecule has 1 amide bonds. The molecule has 0 aliphatic carbocycles. The lowest BCUT2D eigenvalue weighted by molar-refractivity contribution is -0.136. The Morgan fingerprint density at radius 2 is 1.70 bits per heavy atom. The number of furan rings is 1. The van der Waals surface area contributed by atoms with E-state index in [2.05, 4.69) is 16.2 Å². The monoisotopic (exact) mass is 393 g/mol. The van der Waals surface area contributed by atoms with Crippen molar-refractivity contribution >= 4 is 39.9 Å². The molecule has 2 aromatic carbocycles. The van der Waals surface area contributed by atoms with E-state index in [1.165, 1.54) is 18.2 Å². The number of rotatable bonds is 2. The molecule has 0 aliphatic heterocycles. The van der Waals surface area contributed by atoms with Crippen LogP contribution in [0.2, 0.25) is 0 Å². The minimum absolute atomic E-state index is 0.0854. The van der Waals surface area contributed by atoms with Gasteiger partial charge in [0, 0.05) is 10.9 Å². The number of fused-ring (bicyclic) bond motifs is 1. The molecule has 3 rings (SSSR count). The molecule has 0 bridgehead atoms. The lowest BCUT2D eigenvalue weighted by Gasteiger charge is -2.15. The van der Waals surface area contributed by atoms with E-state index in [0.29, 0.717) is 11.1 Å². The highest BCUT2D eigenvalue weighted by Gasteiger charge is 2.33. The maximum absolute atomic E-state index is 13.0. The number of amides is 1. The van der Waals surface area contributed by atoms with Gasteiger partial charge in [-0.1, -0.05) is 30.3 Å². The number of benzene rings is 2. The normalized spacial score (nSPS) is 11.3. The van der Waals surface area contributed by atoms with Crippen molar-refractivity contribution in [1.82, 2.24) is 10.9 Å². The molecular weight excluding hydrogens is 379 g/mol. The Morgan fingerprint density at radius 3 is 2.41 bits per heavy atom. The van der Waals surface area contributed by atoms with E-state index in [1.807, 2.05) is 12.1 Å². The Hall–Kier alpha value is -3.07. The highest BCUT2D eigenvalue weighted by molar-refractivity contribution is 7.80. The summed E-state index contributed by atoms with van der Waals surface area (Å²) >= 11 is 4.95. The molecule has 0 saturated carbocycles. The molecule has 27 heavy (non-hydrogen) atoms. The number of nitrogens with one attached hydrogen (secondary N) is 3. The van der Waals surface area contributed by atoms with E-state index < -0.39 is 17.6 Å². The Bertz CT molecular complexity index is 1010. The number of hydrogen-bond acceptors (Lipinski definition) is 3. The second kappa shape index (κ2) is 7.28. The third-order valence-corrected chi connectivity index (χ3v) is 4.02. The van der Waals surface area contributed by atoms with Gasteiger partial charge in [0.05, 0.1) is 11.3 Å². The van der Waals surface area contributed by atoms with Crippen molar-refractivity contribution in [2.75, 3.05) is 5.32 Å². The molecule has 0 fully saturated rings. The van der Waals surface area contributed by atoms with Crippen LogP contribution in [0.25, 0.3) is 11.0 Å². The lowest BCUT2D eigenvalue weighted by Crippen LogP contribution is -2.44. The number of alkyl halides is 3. The van der Waals surface area contributed by atoms with Gasteiger partial charge in [0.25, 0.3) is 0 Å². The molecule has 140 valence electrons. The quantitative estimate of drug-likeness (QED) is 0.445. The molecule has 5 nitrogen and oxygen atoms in total. The summed E-state index contributed by atoms with van der Waals surface area (Å²) in [7, 11) is 0. The van der Waals surface area contributed by atoms with Crippen molar-refractivity contribution in [3.05, 3.63) is 65.4 Å². The third kappa shape index (κ3) is 4.03. The Labute approximate surface area is 157 Å². The first-order chi connectivity index (χ1) is 12.8. The third-order valence-electron chi connectivity index (χ3n) is 3.82. The van der Waals surface area contributed by atoms with Crippen LogP contribution >= 0.6 is 12.2 Å². The number of aryl methyl sites for hydroxylation is 1. The average Bonchev–Trinajstić information content (AvgIpc) is 2.96. The number of para-hydroxylation sites is 2. The average molecular weight is 393 g/mol. The number of carbonyl (C=O) groups is 1. The van der Waals surface area contributed by atoms with E-state index in [9.17, 15) is 18.0 Å². The predicted octanol–water partition coefficient (Wildman–Crippen LogP) is 4.39. The Balaban J connectivity index is 1.67. The molecule has 1 heterocycles. The summed E-state index contributed by atoms with van der Waals surface area (Å²) in [5, 5.41) is 3.01. The molecule has 1 aromatic heterocycles. The fourth-order valence-corrected chi connectivity index (χ4v) is 2.72. The van der Waals surface area contributed by atoms with Crippen LogP contribution < -0.4 is 16.2 Å². The largest absolute Gasteiger partial charge is 0.451 e. The highest BCUT2D eigenvalue weighted by Crippen LogP contribution is 2.34. The van der Waals surface area contributed by atoms with E-state index in [0.717, 1.165) is 11.5 Å². The molecule has 0 radical (unpaired) electrons. The van der Waals surface area contributed by atoms with Crippen LogP contribution in [0, 0.1) is 6.92 Å². The van der Waals surface area contributed by atoms with E-state index in [1.54, 1.807) is 19.1 Å². The Morgan fingerprint density at radius 1 is 1.04 bits per heavy atom. The first kappa shape index (κ1) is 18.7. The van der Waals surface area contributed by atoms with Gasteiger partial charge in [-0.15, -0.1) is 0 Å². The molecule has 0 atom stereocenters. The van der Waals surface area contributed by atoms with Crippen molar-refractivity contribution < 1.29 is 22.4 Å². The number of thiocarbonyl (C=S) groups is 1. The maximum atomic E-state index is 13.0. The molecule has 9 heteroatoms. The fourth-order valence-electron chi connectivity index (χ4n) is 2.55. The molecule has 0 unspecified atom stereocenters. The predicted molar refractivity (Wildman–Crippen MR) is 99.2 cm³/mol. The zero-order valence-electron chi connectivity index (χ0n) is 14.0. The highest BCUT2D eigenvalue weighted by atomic mass is 32.1. The van der Waals surface area contributed by atoms with Crippen molar-refractivity contribution in [2.24, 2.45) is 0 Å². The summed E-state index contributed by atoms with van der Waals surface area (Å²) in [4.78, 5) is 12.3. The molecular formula is C18H14F3N3O2S. The van der Waals surface area contributed by atoms with Crippen LogP contribution in [-0.4, -0.2) is 11.0 Å². The van der Waals surface area contributed by atoms with Gasteiger partial charge >= 0.3 is 12.1 Å². The first-order valence-electron chi connectivity index (χ1n) is 7.79. The van der Waals surface area contributed by atoms with E-state index >= 15 is 0 Å². The lowest BCUT2D eigenvalue weighted by atomic mass is 10.1. The topological polar surface area (TPSA) is 66.3 Å².